The highest BCUT2D eigenvalue weighted by Gasteiger charge is 2.14. The van der Waals surface area contributed by atoms with Crippen molar-refractivity contribution in [3.05, 3.63) is 51.2 Å². The van der Waals surface area contributed by atoms with E-state index in [1.165, 1.54) is 29.7 Å². The van der Waals surface area contributed by atoms with Crippen molar-refractivity contribution in [2.75, 3.05) is 0 Å². The SMILES string of the molecule is CC(CCc1ccc(O)cc1)NCc1cc2c(s1)CCC2. The van der Waals surface area contributed by atoms with Gasteiger partial charge in [-0.15, -0.1) is 11.3 Å². The second kappa shape index (κ2) is 6.63. The molecule has 3 heteroatoms. The fourth-order valence-electron chi connectivity index (χ4n) is 2.90. The van der Waals surface area contributed by atoms with Crippen LogP contribution in [-0.4, -0.2) is 11.1 Å². The fraction of sp³-hybridized carbons (Fsp3) is 0.444. The molecule has 1 aliphatic rings. The normalized spacial score (nSPS) is 15.1. The van der Waals surface area contributed by atoms with Crippen molar-refractivity contribution in [2.45, 2.75) is 51.6 Å². The summed E-state index contributed by atoms with van der Waals surface area (Å²) in [6.07, 6.45) is 6.09. The van der Waals surface area contributed by atoms with Crippen LogP contribution in [0.25, 0.3) is 0 Å². The lowest BCUT2D eigenvalue weighted by Gasteiger charge is -2.13. The van der Waals surface area contributed by atoms with Crippen LogP contribution in [0.3, 0.4) is 0 Å². The van der Waals surface area contributed by atoms with Gasteiger partial charge in [0.25, 0.3) is 0 Å². The number of hydrogen-bond donors (Lipinski definition) is 2. The third-order valence-electron chi connectivity index (χ3n) is 4.22. The van der Waals surface area contributed by atoms with Crippen molar-refractivity contribution < 1.29 is 5.11 Å². The molecule has 2 N–H and O–H groups in total. The number of hydrogen-bond acceptors (Lipinski definition) is 3. The molecule has 2 aromatic rings. The van der Waals surface area contributed by atoms with E-state index in [0.717, 1.165) is 19.4 Å². The standard InChI is InChI=1S/C18H23NOS/c1-13(5-6-14-7-9-16(20)10-8-14)19-12-17-11-15-3-2-4-18(15)21-17/h7-11,13,19-20H,2-6,12H2,1H3. The van der Waals surface area contributed by atoms with Crippen LogP contribution in [0.15, 0.2) is 30.3 Å². The average Bonchev–Trinajstić information content (AvgIpc) is 3.05. The first-order valence-corrected chi connectivity index (χ1v) is 8.64. The van der Waals surface area contributed by atoms with Crippen LogP contribution >= 0.6 is 11.3 Å². The lowest BCUT2D eigenvalue weighted by molar-refractivity contribution is 0.474. The molecule has 1 aromatic carbocycles. The van der Waals surface area contributed by atoms with E-state index in [2.05, 4.69) is 18.3 Å². The van der Waals surface area contributed by atoms with Crippen molar-refractivity contribution in [1.82, 2.24) is 5.32 Å². The Hall–Kier alpha value is -1.32. The second-order valence-corrected chi connectivity index (χ2v) is 7.22. The van der Waals surface area contributed by atoms with Gasteiger partial charge in [0.1, 0.15) is 5.75 Å². The maximum atomic E-state index is 9.28. The molecule has 3 rings (SSSR count). The van der Waals surface area contributed by atoms with E-state index in [1.807, 2.05) is 23.5 Å². The Bertz CT molecular complexity index is 566. The molecule has 0 bridgehead atoms. The third kappa shape index (κ3) is 3.86. The molecule has 1 aromatic heterocycles. The zero-order chi connectivity index (χ0) is 14.7. The molecule has 1 heterocycles. The molecule has 0 saturated heterocycles. The highest BCUT2D eigenvalue weighted by atomic mass is 32.1. The van der Waals surface area contributed by atoms with Gasteiger partial charge in [-0.3, -0.25) is 0 Å². The minimum Gasteiger partial charge on any atom is -0.508 e. The lowest BCUT2D eigenvalue weighted by atomic mass is 10.1. The minimum atomic E-state index is 0.343. The van der Waals surface area contributed by atoms with Gasteiger partial charge in [0, 0.05) is 22.3 Å². The highest BCUT2D eigenvalue weighted by molar-refractivity contribution is 7.12. The van der Waals surface area contributed by atoms with E-state index in [0.29, 0.717) is 11.8 Å². The summed E-state index contributed by atoms with van der Waals surface area (Å²) < 4.78 is 0. The van der Waals surface area contributed by atoms with E-state index in [4.69, 9.17) is 0 Å². The van der Waals surface area contributed by atoms with E-state index < -0.39 is 0 Å². The number of rotatable bonds is 6. The number of phenolic OH excluding ortho intramolecular Hbond substituents is 1. The molecule has 0 radical (unpaired) electrons. The predicted octanol–water partition coefficient (Wildman–Crippen LogP) is 4.05. The van der Waals surface area contributed by atoms with Gasteiger partial charge >= 0.3 is 0 Å². The monoisotopic (exact) mass is 301 g/mol. The summed E-state index contributed by atoms with van der Waals surface area (Å²) in [5.41, 5.74) is 2.88. The molecule has 0 aliphatic heterocycles. The molecule has 0 spiro atoms. The average molecular weight is 301 g/mol. The summed E-state index contributed by atoms with van der Waals surface area (Å²) in [7, 11) is 0. The van der Waals surface area contributed by atoms with Crippen LogP contribution in [0.4, 0.5) is 0 Å². The van der Waals surface area contributed by atoms with Crippen LogP contribution < -0.4 is 5.32 Å². The second-order valence-electron chi connectivity index (χ2n) is 6.00. The smallest absolute Gasteiger partial charge is 0.115 e. The molecule has 0 fully saturated rings. The zero-order valence-electron chi connectivity index (χ0n) is 12.6. The molecule has 112 valence electrons. The highest BCUT2D eigenvalue weighted by Crippen LogP contribution is 2.30. The minimum absolute atomic E-state index is 0.343. The van der Waals surface area contributed by atoms with Gasteiger partial charge in [-0.25, -0.2) is 0 Å². The van der Waals surface area contributed by atoms with Gasteiger partial charge in [0.15, 0.2) is 0 Å². The summed E-state index contributed by atoms with van der Waals surface area (Å²) in [6, 6.07) is 10.4. The summed E-state index contributed by atoms with van der Waals surface area (Å²) in [5, 5.41) is 12.9. The number of nitrogens with one attached hydrogen (secondary N) is 1. The van der Waals surface area contributed by atoms with E-state index in [9.17, 15) is 5.11 Å². The largest absolute Gasteiger partial charge is 0.508 e. The first-order valence-electron chi connectivity index (χ1n) is 7.82. The summed E-state index contributed by atoms with van der Waals surface area (Å²) >= 11 is 1.99. The molecule has 0 amide bonds. The molecule has 1 unspecified atom stereocenters. The van der Waals surface area contributed by atoms with Crippen molar-refractivity contribution >= 4 is 11.3 Å². The van der Waals surface area contributed by atoms with E-state index >= 15 is 0 Å². The van der Waals surface area contributed by atoms with Crippen LogP contribution in [-0.2, 0) is 25.8 Å². The summed E-state index contributed by atoms with van der Waals surface area (Å²) in [5.74, 6) is 0.343. The predicted molar refractivity (Wildman–Crippen MR) is 89.1 cm³/mol. The maximum Gasteiger partial charge on any atom is 0.115 e. The Morgan fingerprint density at radius 2 is 2.05 bits per heavy atom. The number of fused-ring (bicyclic) bond motifs is 1. The molecule has 2 nitrogen and oxygen atoms in total. The van der Waals surface area contributed by atoms with Crippen LogP contribution in [0.5, 0.6) is 5.75 Å². The Morgan fingerprint density at radius 3 is 2.81 bits per heavy atom. The molecule has 1 atom stereocenters. The number of aromatic hydroxyl groups is 1. The zero-order valence-corrected chi connectivity index (χ0v) is 13.4. The molecule has 0 saturated carbocycles. The van der Waals surface area contributed by atoms with Gasteiger partial charge in [0.05, 0.1) is 0 Å². The molecule has 1 aliphatic carbocycles. The van der Waals surface area contributed by atoms with Gasteiger partial charge in [-0.2, -0.15) is 0 Å². The first kappa shape index (κ1) is 14.6. The van der Waals surface area contributed by atoms with Gasteiger partial charge in [-0.1, -0.05) is 12.1 Å². The number of thiophene rings is 1. The molecular weight excluding hydrogens is 278 g/mol. The Morgan fingerprint density at radius 1 is 1.24 bits per heavy atom. The summed E-state index contributed by atoms with van der Waals surface area (Å²) in [4.78, 5) is 3.10. The van der Waals surface area contributed by atoms with Crippen molar-refractivity contribution in [2.24, 2.45) is 0 Å². The Balaban J connectivity index is 1.43. The maximum absolute atomic E-state index is 9.28. The number of aryl methyl sites for hydroxylation is 3. The first-order chi connectivity index (χ1) is 10.2. The van der Waals surface area contributed by atoms with E-state index in [1.54, 1.807) is 22.6 Å². The van der Waals surface area contributed by atoms with Gasteiger partial charge < -0.3 is 10.4 Å². The van der Waals surface area contributed by atoms with Crippen molar-refractivity contribution in [3.8, 4) is 5.75 Å². The molecular formula is C18H23NOS. The topological polar surface area (TPSA) is 32.3 Å². The Labute approximate surface area is 130 Å². The van der Waals surface area contributed by atoms with Crippen molar-refractivity contribution in [1.29, 1.82) is 0 Å². The fourth-order valence-corrected chi connectivity index (χ4v) is 4.11. The van der Waals surface area contributed by atoms with Gasteiger partial charge in [-0.05, 0) is 68.4 Å². The van der Waals surface area contributed by atoms with Crippen molar-refractivity contribution in [3.63, 3.8) is 0 Å². The van der Waals surface area contributed by atoms with Gasteiger partial charge in [0.2, 0.25) is 0 Å². The number of phenols is 1. The summed E-state index contributed by atoms with van der Waals surface area (Å²) in [6.45, 7) is 3.25. The van der Waals surface area contributed by atoms with Crippen LogP contribution in [0.1, 0.15) is 40.6 Å². The lowest BCUT2D eigenvalue weighted by Crippen LogP contribution is -2.25. The van der Waals surface area contributed by atoms with Crippen LogP contribution in [0.2, 0.25) is 0 Å². The Kier molecular flexibility index (Phi) is 4.61. The number of benzene rings is 1. The third-order valence-corrected chi connectivity index (χ3v) is 5.46. The quantitative estimate of drug-likeness (QED) is 0.843. The van der Waals surface area contributed by atoms with E-state index in [-0.39, 0.29) is 0 Å². The van der Waals surface area contributed by atoms with Crippen LogP contribution in [0, 0.1) is 0 Å². The molecule has 21 heavy (non-hydrogen) atoms.